The molecule has 8 nitrogen and oxygen atoms in total. The zero-order valence-electron chi connectivity index (χ0n) is 19.9. The van der Waals surface area contributed by atoms with Gasteiger partial charge in [-0.15, -0.1) is 0 Å². The molecule has 0 atom stereocenters. The number of hydrogen-bond donors (Lipinski definition) is 2. The Hall–Kier alpha value is -3.76. The van der Waals surface area contributed by atoms with Gasteiger partial charge >= 0.3 is 24.0 Å². The topological polar surface area (TPSA) is 110 Å². The van der Waals surface area contributed by atoms with Gasteiger partial charge in [-0.25, -0.2) is 19.6 Å². The van der Waals surface area contributed by atoms with Crippen LogP contribution < -0.4 is 9.47 Å². The van der Waals surface area contributed by atoms with Crippen LogP contribution in [0.4, 0.5) is 0 Å². The number of carbonyl (C=O) groups excluding carboxylic acids is 2. The molecule has 4 aromatic rings. The molecule has 0 aliphatic heterocycles. The van der Waals surface area contributed by atoms with Gasteiger partial charge in [0.25, 0.3) is 0 Å². The van der Waals surface area contributed by atoms with Gasteiger partial charge in [0.05, 0.1) is 23.8 Å². The summed E-state index contributed by atoms with van der Waals surface area (Å²) in [5, 5.41) is 0. The van der Waals surface area contributed by atoms with Crippen LogP contribution in [0.1, 0.15) is 46.5 Å². The average Bonchev–Trinajstić information content (AvgIpc) is 3.68. The van der Waals surface area contributed by atoms with Crippen LogP contribution in [0.2, 0.25) is 0 Å². The number of hydrogen-bond acceptors (Lipinski definition) is 6. The van der Waals surface area contributed by atoms with Gasteiger partial charge in [-0.3, -0.25) is 0 Å². The molecule has 10 heteroatoms. The fourth-order valence-corrected chi connectivity index (χ4v) is 5.61. The van der Waals surface area contributed by atoms with Gasteiger partial charge in [0, 0.05) is 8.95 Å². The molecule has 0 saturated carbocycles. The maximum absolute atomic E-state index is 12.3. The van der Waals surface area contributed by atoms with Crippen molar-refractivity contribution in [2.75, 3.05) is 0 Å². The number of H-pyrrole nitrogens is 2. The Morgan fingerprint density at radius 1 is 0.711 bits per heavy atom. The van der Waals surface area contributed by atoms with Crippen molar-refractivity contribution in [2.45, 2.75) is 25.7 Å². The van der Waals surface area contributed by atoms with Gasteiger partial charge in [-0.05, 0) is 95.5 Å². The van der Waals surface area contributed by atoms with Gasteiger partial charge < -0.3 is 19.4 Å². The summed E-state index contributed by atoms with van der Waals surface area (Å²) in [4.78, 5) is 38.5. The third-order valence-corrected chi connectivity index (χ3v) is 7.49. The summed E-state index contributed by atoms with van der Waals surface area (Å²) < 4.78 is 12.2. The lowest BCUT2D eigenvalue weighted by atomic mass is 10.1. The predicted molar refractivity (Wildman–Crippen MR) is 149 cm³/mol. The number of benzene rings is 2. The molecule has 0 saturated heterocycles. The number of imidazole rings is 2. The molecule has 2 N–H and O–H groups in total. The zero-order valence-corrected chi connectivity index (χ0v) is 23.1. The van der Waals surface area contributed by atoms with E-state index in [1.54, 1.807) is 12.4 Å². The smallest absolute Gasteiger partial charge is 0.384 e. The number of nitrogens with one attached hydrogen (secondary N) is 2. The highest BCUT2D eigenvalue weighted by Gasteiger charge is 2.23. The van der Waals surface area contributed by atoms with E-state index in [0.717, 1.165) is 45.8 Å². The van der Waals surface area contributed by atoms with Crippen LogP contribution in [0.5, 0.6) is 12.0 Å². The number of fused-ring (bicyclic) bond motifs is 2. The lowest BCUT2D eigenvalue weighted by Crippen LogP contribution is -2.26. The van der Waals surface area contributed by atoms with Crippen molar-refractivity contribution >= 4 is 67.1 Å². The van der Waals surface area contributed by atoms with Crippen LogP contribution >= 0.6 is 31.9 Å². The maximum atomic E-state index is 12.3. The minimum Gasteiger partial charge on any atom is -0.384 e. The largest absolute Gasteiger partial charge is 0.425 e. The molecule has 38 heavy (non-hydrogen) atoms. The summed E-state index contributed by atoms with van der Waals surface area (Å²) in [6, 6.07) is 12.2. The van der Waals surface area contributed by atoms with E-state index in [4.69, 9.17) is 9.47 Å². The van der Waals surface area contributed by atoms with Gasteiger partial charge in [0.1, 0.15) is 0 Å². The Morgan fingerprint density at radius 3 is 1.61 bits per heavy atom. The quantitative estimate of drug-likeness (QED) is 0.206. The summed E-state index contributed by atoms with van der Waals surface area (Å²) in [6.07, 6.45) is 10.7. The molecule has 0 spiro atoms. The van der Waals surface area contributed by atoms with Crippen molar-refractivity contribution in [3.8, 4) is 12.0 Å². The monoisotopic (exact) mass is 634 g/mol. The number of aromatic nitrogens is 4. The highest BCUT2D eigenvalue weighted by Crippen LogP contribution is 2.36. The number of nitrogens with zero attached hydrogens (tertiary/aromatic N) is 2. The molecular formula is C28H20Br2N4O4. The standard InChI is InChI=1S/C28H20Br2N4O4/c29-19-5-7-23-15(9-19)1-3-17(23)11-21-13-31-27(33-21)37-25(35)26(36)38-28-32-14-22(34-28)12-18-4-2-16-10-20(30)6-8-24(16)18/h5-14H,1-4H2,(H,31,33)(H,32,34). The Kier molecular flexibility index (Phi) is 6.59. The lowest BCUT2D eigenvalue weighted by molar-refractivity contribution is -0.156. The number of rotatable bonds is 4. The fraction of sp³-hybridized carbons (Fsp3) is 0.143. The van der Waals surface area contributed by atoms with Crippen molar-refractivity contribution in [1.29, 1.82) is 0 Å². The van der Waals surface area contributed by atoms with Crippen molar-refractivity contribution < 1.29 is 19.1 Å². The molecule has 2 aliphatic carbocycles. The second kappa shape index (κ2) is 10.2. The molecular weight excluding hydrogens is 616 g/mol. The summed E-state index contributed by atoms with van der Waals surface area (Å²) in [5.41, 5.74) is 8.56. The van der Waals surface area contributed by atoms with Gasteiger partial charge in [-0.1, -0.05) is 44.0 Å². The highest BCUT2D eigenvalue weighted by molar-refractivity contribution is 9.10. The number of aryl methyl sites for hydroxylation is 2. The molecule has 2 aromatic heterocycles. The first-order valence-electron chi connectivity index (χ1n) is 11.9. The first-order chi connectivity index (χ1) is 18.4. The zero-order chi connectivity index (χ0) is 26.2. The Morgan fingerprint density at radius 2 is 1.16 bits per heavy atom. The van der Waals surface area contributed by atoms with Gasteiger partial charge in [0.2, 0.25) is 0 Å². The number of esters is 2. The van der Waals surface area contributed by atoms with Crippen LogP contribution in [-0.2, 0) is 22.4 Å². The number of ether oxygens (including phenoxy) is 2. The van der Waals surface area contributed by atoms with Gasteiger partial charge in [0.15, 0.2) is 0 Å². The highest BCUT2D eigenvalue weighted by atomic mass is 79.9. The molecule has 0 bridgehead atoms. The summed E-state index contributed by atoms with van der Waals surface area (Å²) >= 11 is 7.01. The third-order valence-electron chi connectivity index (χ3n) is 6.50. The maximum Gasteiger partial charge on any atom is 0.425 e. The molecule has 0 radical (unpaired) electrons. The van der Waals surface area contributed by atoms with Crippen LogP contribution in [-0.4, -0.2) is 31.9 Å². The fourth-order valence-electron chi connectivity index (χ4n) is 4.79. The lowest BCUT2D eigenvalue weighted by Gasteiger charge is -2.02. The Labute approximate surface area is 234 Å². The molecule has 2 aromatic carbocycles. The molecule has 0 unspecified atom stereocenters. The minimum atomic E-state index is -1.21. The van der Waals surface area contributed by atoms with E-state index in [1.165, 1.54) is 22.3 Å². The van der Waals surface area contributed by atoms with Crippen molar-refractivity contribution in [2.24, 2.45) is 0 Å². The van der Waals surface area contributed by atoms with Crippen LogP contribution in [0.25, 0.3) is 23.3 Å². The summed E-state index contributed by atoms with van der Waals surface area (Å²) in [6.45, 7) is 0. The number of allylic oxidation sites excluding steroid dienone is 2. The molecule has 0 amide bonds. The minimum absolute atomic E-state index is 0.0933. The van der Waals surface area contributed by atoms with E-state index in [0.29, 0.717) is 11.4 Å². The number of carbonyl (C=O) groups is 2. The Balaban J connectivity index is 1.08. The molecule has 2 heterocycles. The first-order valence-corrected chi connectivity index (χ1v) is 13.5. The molecule has 190 valence electrons. The average molecular weight is 636 g/mol. The van der Waals surface area contributed by atoms with Crippen LogP contribution in [0.15, 0.2) is 57.7 Å². The molecule has 2 aliphatic rings. The normalized spacial score (nSPS) is 16.1. The summed E-state index contributed by atoms with van der Waals surface area (Å²) in [7, 11) is 0. The second-order valence-corrected chi connectivity index (χ2v) is 10.8. The third kappa shape index (κ3) is 5.14. The van der Waals surface area contributed by atoms with Crippen LogP contribution in [0, 0.1) is 0 Å². The second-order valence-electron chi connectivity index (χ2n) is 9.01. The SMILES string of the molecule is O=C(Oc1ncc(C=C2CCc3cc(Br)ccc32)[nH]1)C(=O)Oc1ncc(C=C2CCc3cc(Br)ccc32)[nH]1. The van der Waals surface area contributed by atoms with Gasteiger partial charge in [-0.2, -0.15) is 0 Å². The van der Waals surface area contributed by atoms with E-state index in [2.05, 4.69) is 76.1 Å². The Bertz CT molecular complexity index is 1530. The van der Waals surface area contributed by atoms with E-state index in [9.17, 15) is 9.59 Å². The first kappa shape index (κ1) is 24.6. The number of aromatic amines is 2. The molecule has 6 rings (SSSR count). The summed E-state index contributed by atoms with van der Waals surface area (Å²) in [5.74, 6) is -2.41. The van der Waals surface area contributed by atoms with Crippen molar-refractivity contribution in [1.82, 2.24) is 19.9 Å². The van der Waals surface area contributed by atoms with E-state index < -0.39 is 11.9 Å². The van der Waals surface area contributed by atoms with Crippen LogP contribution in [0.3, 0.4) is 0 Å². The molecule has 0 fully saturated rings. The van der Waals surface area contributed by atoms with E-state index in [1.807, 2.05) is 24.3 Å². The van der Waals surface area contributed by atoms with E-state index >= 15 is 0 Å². The number of halogens is 2. The van der Waals surface area contributed by atoms with E-state index in [-0.39, 0.29) is 12.0 Å². The predicted octanol–water partition coefficient (Wildman–Crippen LogP) is 6.14. The van der Waals surface area contributed by atoms with Crippen molar-refractivity contribution in [3.63, 3.8) is 0 Å². The van der Waals surface area contributed by atoms with Crippen molar-refractivity contribution in [3.05, 3.63) is 91.4 Å².